The normalized spacial score (nSPS) is 17.1. The van der Waals surface area contributed by atoms with Crippen molar-refractivity contribution in [1.82, 2.24) is 0 Å². The molecule has 0 heterocycles. The highest BCUT2D eigenvalue weighted by Gasteiger charge is 2.39. The van der Waals surface area contributed by atoms with Crippen LogP contribution in [0.2, 0.25) is 0 Å². The van der Waals surface area contributed by atoms with Gasteiger partial charge in [0.15, 0.2) is 0 Å². The maximum absolute atomic E-state index is 12.6. The molecule has 1 amide bonds. The predicted molar refractivity (Wildman–Crippen MR) is 83.2 cm³/mol. The fourth-order valence-electron chi connectivity index (χ4n) is 2.65. The SMILES string of the molecule is N#Cc1ccc(NC(=O)C2(C#N)CCCCCC2)c(Br)c1. The van der Waals surface area contributed by atoms with Gasteiger partial charge in [-0.1, -0.05) is 25.7 Å². The van der Waals surface area contributed by atoms with Crippen LogP contribution in [-0.4, -0.2) is 5.91 Å². The lowest BCUT2D eigenvalue weighted by Crippen LogP contribution is -2.34. The summed E-state index contributed by atoms with van der Waals surface area (Å²) in [5, 5.41) is 21.2. The van der Waals surface area contributed by atoms with E-state index in [9.17, 15) is 10.1 Å². The first kappa shape index (κ1) is 15.5. The molecule has 1 saturated carbocycles. The van der Waals surface area contributed by atoms with Gasteiger partial charge in [-0.05, 0) is 47.0 Å². The van der Waals surface area contributed by atoms with Crippen molar-refractivity contribution >= 4 is 27.5 Å². The van der Waals surface area contributed by atoms with Gasteiger partial charge in [0, 0.05) is 4.47 Å². The van der Waals surface area contributed by atoms with Crippen LogP contribution in [0.5, 0.6) is 0 Å². The molecule has 1 aliphatic carbocycles. The van der Waals surface area contributed by atoms with E-state index < -0.39 is 5.41 Å². The second-order valence-corrected chi connectivity index (χ2v) is 6.22. The number of anilines is 1. The molecule has 0 spiro atoms. The van der Waals surface area contributed by atoms with E-state index in [1.165, 1.54) is 0 Å². The molecule has 1 aromatic rings. The molecule has 0 bridgehead atoms. The second-order valence-electron chi connectivity index (χ2n) is 5.37. The van der Waals surface area contributed by atoms with Gasteiger partial charge in [-0.15, -0.1) is 0 Å². The monoisotopic (exact) mass is 345 g/mol. The van der Waals surface area contributed by atoms with E-state index >= 15 is 0 Å². The van der Waals surface area contributed by atoms with Crippen molar-refractivity contribution in [2.24, 2.45) is 5.41 Å². The van der Waals surface area contributed by atoms with E-state index in [2.05, 4.69) is 27.3 Å². The molecule has 5 heteroatoms. The molecular formula is C16H16BrN3O. The standard InChI is InChI=1S/C16H16BrN3O/c17-13-9-12(10-18)5-6-14(13)20-15(21)16(11-19)7-3-1-2-4-8-16/h5-6,9H,1-4,7-8H2,(H,20,21). The fourth-order valence-corrected chi connectivity index (χ4v) is 3.13. The van der Waals surface area contributed by atoms with E-state index in [1.54, 1.807) is 18.2 Å². The Balaban J connectivity index is 2.20. The molecule has 0 atom stereocenters. The van der Waals surface area contributed by atoms with Gasteiger partial charge in [-0.25, -0.2) is 0 Å². The fraction of sp³-hybridized carbons (Fsp3) is 0.438. The number of hydrogen-bond acceptors (Lipinski definition) is 3. The van der Waals surface area contributed by atoms with Crippen LogP contribution in [0.4, 0.5) is 5.69 Å². The summed E-state index contributed by atoms with van der Waals surface area (Å²) in [4.78, 5) is 12.6. The van der Waals surface area contributed by atoms with Crippen LogP contribution < -0.4 is 5.32 Å². The summed E-state index contributed by atoms with van der Waals surface area (Å²) in [7, 11) is 0. The zero-order valence-electron chi connectivity index (χ0n) is 11.7. The number of nitriles is 2. The van der Waals surface area contributed by atoms with Crippen molar-refractivity contribution in [3.05, 3.63) is 28.2 Å². The van der Waals surface area contributed by atoms with Gasteiger partial charge in [0.25, 0.3) is 0 Å². The van der Waals surface area contributed by atoms with Gasteiger partial charge >= 0.3 is 0 Å². The van der Waals surface area contributed by atoms with Gasteiger partial charge in [0.2, 0.25) is 5.91 Å². The third kappa shape index (κ3) is 3.43. The number of carbonyl (C=O) groups excluding carboxylic acids is 1. The molecule has 21 heavy (non-hydrogen) atoms. The highest BCUT2D eigenvalue weighted by Crippen LogP contribution is 2.36. The Hall–Kier alpha value is -1.85. The summed E-state index contributed by atoms with van der Waals surface area (Å²) >= 11 is 3.35. The van der Waals surface area contributed by atoms with Gasteiger partial charge < -0.3 is 5.32 Å². The van der Waals surface area contributed by atoms with Crippen LogP contribution in [0.1, 0.15) is 44.1 Å². The lowest BCUT2D eigenvalue weighted by molar-refractivity contribution is -0.123. The van der Waals surface area contributed by atoms with Gasteiger partial charge in [0.05, 0.1) is 23.4 Å². The number of carbonyl (C=O) groups is 1. The van der Waals surface area contributed by atoms with Crippen molar-refractivity contribution in [3.8, 4) is 12.1 Å². The third-order valence-electron chi connectivity index (χ3n) is 3.95. The first-order valence-corrected chi connectivity index (χ1v) is 7.83. The van der Waals surface area contributed by atoms with Crippen molar-refractivity contribution in [1.29, 1.82) is 10.5 Å². The zero-order valence-corrected chi connectivity index (χ0v) is 13.2. The van der Waals surface area contributed by atoms with Gasteiger partial charge in [-0.2, -0.15) is 10.5 Å². The molecular weight excluding hydrogens is 330 g/mol. The van der Waals surface area contributed by atoms with E-state index in [0.29, 0.717) is 28.6 Å². The molecule has 0 aliphatic heterocycles. The number of hydrogen-bond donors (Lipinski definition) is 1. The highest BCUT2D eigenvalue weighted by atomic mass is 79.9. The molecule has 0 saturated heterocycles. The second kappa shape index (κ2) is 6.74. The Morgan fingerprint density at radius 1 is 1.19 bits per heavy atom. The summed E-state index contributed by atoms with van der Waals surface area (Å²) in [6.07, 6.45) is 5.21. The smallest absolute Gasteiger partial charge is 0.244 e. The maximum Gasteiger partial charge on any atom is 0.244 e. The average molecular weight is 346 g/mol. The van der Waals surface area contributed by atoms with Gasteiger partial charge in [0.1, 0.15) is 5.41 Å². The molecule has 1 fully saturated rings. The molecule has 4 nitrogen and oxygen atoms in total. The Bertz CT molecular complexity index is 619. The van der Waals surface area contributed by atoms with E-state index in [4.69, 9.17) is 5.26 Å². The van der Waals surface area contributed by atoms with E-state index in [-0.39, 0.29) is 5.91 Å². The minimum Gasteiger partial charge on any atom is -0.324 e. The third-order valence-corrected chi connectivity index (χ3v) is 4.61. The number of nitrogens with one attached hydrogen (secondary N) is 1. The van der Waals surface area contributed by atoms with Crippen LogP contribution in [0, 0.1) is 28.1 Å². The first-order valence-electron chi connectivity index (χ1n) is 7.04. The van der Waals surface area contributed by atoms with E-state index in [1.807, 2.05) is 6.07 Å². The number of nitrogens with zero attached hydrogens (tertiary/aromatic N) is 2. The minimum atomic E-state index is -0.927. The average Bonchev–Trinajstić information content (AvgIpc) is 2.75. The lowest BCUT2D eigenvalue weighted by atomic mass is 9.81. The molecule has 108 valence electrons. The quantitative estimate of drug-likeness (QED) is 0.818. The molecule has 1 aromatic carbocycles. The molecule has 0 radical (unpaired) electrons. The molecule has 0 unspecified atom stereocenters. The van der Waals surface area contributed by atoms with Crippen LogP contribution in [-0.2, 0) is 4.79 Å². The van der Waals surface area contributed by atoms with Crippen molar-refractivity contribution in [3.63, 3.8) is 0 Å². The van der Waals surface area contributed by atoms with Crippen LogP contribution in [0.25, 0.3) is 0 Å². The summed E-state index contributed by atoms with van der Waals surface area (Å²) in [6.45, 7) is 0. The Morgan fingerprint density at radius 3 is 2.38 bits per heavy atom. The largest absolute Gasteiger partial charge is 0.324 e. The summed E-state index contributed by atoms with van der Waals surface area (Å²) in [5.41, 5.74) is 0.186. The first-order chi connectivity index (χ1) is 10.1. The van der Waals surface area contributed by atoms with Crippen LogP contribution in [0.3, 0.4) is 0 Å². The maximum atomic E-state index is 12.6. The Morgan fingerprint density at radius 2 is 1.86 bits per heavy atom. The highest BCUT2D eigenvalue weighted by molar-refractivity contribution is 9.10. The number of amides is 1. The minimum absolute atomic E-state index is 0.239. The molecule has 0 aromatic heterocycles. The van der Waals surface area contributed by atoms with Crippen molar-refractivity contribution in [2.75, 3.05) is 5.32 Å². The molecule has 2 rings (SSSR count). The molecule has 1 aliphatic rings. The topological polar surface area (TPSA) is 76.7 Å². The zero-order chi connectivity index (χ0) is 15.3. The van der Waals surface area contributed by atoms with Crippen molar-refractivity contribution in [2.45, 2.75) is 38.5 Å². The lowest BCUT2D eigenvalue weighted by Gasteiger charge is -2.23. The van der Waals surface area contributed by atoms with E-state index in [0.717, 1.165) is 25.7 Å². The van der Waals surface area contributed by atoms with Gasteiger partial charge in [-0.3, -0.25) is 4.79 Å². The Kier molecular flexibility index (Phi) is 4.98. The summed E-state index contributed by atoms with van der Waals surface area (Å²) < 4.78 is 0.650. The number of benzene rings is 1. The van der Waals surface area contributed by atoms with Crippen LogP contribution in [0.15, 0.2) is 22.7 Å². The molecule has 1 N–H and O–H groups in total. The Labute approximate surface area is 132 Å². The van der Waals surface area contributed by atoms with Crippen molar-refractivity contribution < 1.29 is 4.79 Å². The number of rotatable bonds is 2. The number of halogens is 1. The van der Waals surface area contributed by atoms with Crippen LogP contribution >= 0.6 is 15.9 Å². The summed E-state index contributed by atoms with van der Waals surface area (Å²) in [6, 6.07) is 9.27. The predicted octanol–water partition coefficient (Wildman–Crippen LogP) is 4.12. The summed E-state index contributed by atoms with van der Waals surface area (Å²) in [5.74, 6) is -0.239.